The number of aromatic nitrogens is 1. The number of rotatable bonds is 6. The normalized spacial score (nSPS) is 16.0. The molecule has 2 N–H and O–H groups in total. The van der Waals surface area contributed by atoms with Gasteiger partial charge in [0.1, 0.15) is 5.69 Å². The maximum atomic E-state index is 11.9. The molecule has 0 spiro atoms. The van der Waals surface area contributed by atoms with Crippen molar-refractivity contribution in [2.75, 3.05) is 13.2 Å². The molecule has 1 amide bonds. The van der Waals surface area contributed by atoms with Gasteiger partial charge < -0.3 is 15.2 Å². The Labute approximate surface area is 129 Å². The Kier molecular flexibility index (Phi) is 6.33. The average molecular weight is 306 g/mol. The molecule has 6 nitrogen and oxygen atoms in total. The maximum absolute atomic E-state index is 11.9. The van der Waals surface area contributed by atoms with Crippen molar-refractivity contribution in [1.29, 1.82) is 0 Å². The second kappa shape index (κ2) is 8.48. The molecule has 0 saturated heterocycles. The first kappa shape index (κ1) is 16.4. The zero-order valence-electron chi connectivity index (χ0n) is 12.6. The van der Waals surface area contributed by atoms with Gasteiger partial charge in [-0.05, 0) is 25.0 Å². The molecular formula is C16H22N2O4. The highest BCUT2D eigenvalue weighted by molar-refractivity contribution is 5.96. The molecule has 0 radical (unpaired) electrons. The van der Waals surface area contributed by atoms with Gasteiger partial charge in [0.15, 0.2) is 0 Å². The molecule has 2 rings (SSSR count). The van der Waals surface area contributed by atoms with Crippen molar-refractivity contribution in [3.8, 4) is 0 Å². The average Bonchev–Trinajstić information content (AvgIpc) is 2.80. The molecule has 1 aromatic rings. The molecule has 0 bridgehead atoms. The van der Waals surface area contributed by atoms with Crippen molar-refractivity contribution >= 4 is 11.9 Å². The van der Waals surface area contributed by atoms with Crippen LogP contribution in [-0.4, -0.2) is 41.2 Å². The molecule has 0 unspecified atom stereocenters. The van der Waals surface area contributed by atoms with Crippen LogP contribution in [0.3, 0.4) is 0 Å². The largest absolute Gasteiger partial charge is 0.477 e. The van der Waals surface area contributed by atoms with Crippen molar-refractivity contribution in [2.24, 2.45) is 0 Å². The van der Waals surface area contributed by atoms with E-state index < -0.39 is 5.97 Å². The molecule has 1 aliphatic rings. The Bertz CT molecular complexity index is 511. The second-order valence-electron chi connectivity index (χ2n) is 5.48. The van der Waals surface area contributed by atoms with E-state index in [4.69, 9.17) is 9.84 Å². The van der Waals surface area contributed by atoms with Gasteiger partial charge in [-0.25, -0.2) is 9.78 Å². The van der Waals surface area contributed by atoms with E-state index in [-0.39, 0.29) is 11.6 Å². The molecule has 1 saturated carbocycles. The van der Waals surface area contributed by atoms with Crippen molar-refractivity contribution < 1.29 is 19.4 Å². The molecule has 1 fully saturated rings. The van der Waals surface area contributed by atoms with E-state index in [0.717, 1.165) is 12.8 Å². The fourth-order valence-corrected chi connectivity index (χ4v) is 2.59. The van der Waals surface area contributed by atoms with E-state index in [9.17, 15) is 9.59 Å². The molecular weight excluding hydrogens is 284 g/mol. The SMILES string of the molecule is O=C(NCCOC1CCCCCC1)c1ccnc(C(=O)O)c1. The zero-order chi connectivity index (χ0) is 15.8. The summed E-state index contributed by atoms with van der Waals surface area (Å²) in [6.07, 6.45) is 8.81. The molecule has 0 atom stereocenters. The first-order chi connectivity index (χ1) is 10.7. The molecule has 1 aromatic heterocycles. The van der Waals surface area contributed by atoms with Crippen LogP contribution in [0.2, 0.25) is 0 Å². The number of nitrogens with zero attached hydrogens (tertiary/aromatic N) is 1. The predicted molar refractivity (Wildman–Crippen MR) is 81.0 cm³/mol. The van der Waals surface area contributed by atoms with Gasteiger partial charge in [-0.1, -0.05) is 25.7 Å². The molecule has 0 aliphatic heterocycles. The number of hydrogen-bond acceptors (Lipinski definition) is 4. The standard InChI is InChI=1S/C16H22N2O4/c19-15(12-7-8-17-14(11-12)16(20)21)18-9-10-22-13-5-3-1-2-4-6-13/h7-8,11,13H,1-6,9-10H2,(H,18,19)(H,20,21). The van der Waals surface area contributed by atoms with E-state index in [1.807, 2.05) is 0 Å². The summed E-state index contributed by atoms with van der Waals surface area (Å²) in [5, 5.41) is 11.6. The number of aromatic carboxylic acids is 1. The monoisotopic (exact) mass is 306 g/mol. The highest BCUT2D eigenvalue weighted by atomic mass is 16.5. The number of carbonyl (C=O) groups excluding carboxylic acids is 1. The Morgan fingerprint density at radius 1 is 1.27 bits per heavy atom. The summed E-state index contributed by atoms with van der Waals surface area (Å²) in [5.41, 5.74) is 0.157. The number of amides is 1. The number of ether oxygens (including phenoxy) is 1. The lowest BCUT2D eigenvalue weighted by Crippen LogP contribution is -2.29. The first-order valence-corrected chi connectivity index (χ1v) is 7.76. The lowest BCUT2D eigenvalue weighted by molar-refractivity contribution is 0.0441. The Morgan fingerprint density at radius 3 is 2.68 bits per heavy atom. The summed E-state index contributed by atoms with van der Waals surface area (Å²) in [4.78, 5) is 26.4. The Balaban J connectivity index is 1.73. The third-order valence-electron chi connectivity index (χ3n) is 3.78. The lowest BCUT2D eigenvalue weighted by Gasteiger charge is -2.15. The minimum absolute atomic E-state index is 0.137. The summed E-state index contributed by atoms with van der Waals surface area (Å²) < 4.78 is 5.79. The van der Waals surface area contributed by atoms with E-state index in [2.05, 4.69) is 10.3 Å². The third-order valence-corrected chi connectivity index (χ3v) is 3.78. The van der Waals surface area contributed by atoms with Crippen molar-refractivity contribution in [3.05, 3.63) is 29.6 Å². The minimum atomic E-state index is -1.15. The molecule has 120 valence electrons. The highest BCUT2D eigenvalue weighted by Crippen LogP contribution is 2.19. The van der Waals surface area contributed by atoms with Gasteiger partial charge in [0.25, 0.3) is 5.91 Å². The number of carboxylic acid groups (broad SMARTS) is 1. The lowest BCUT2D eigenvalue weighted by atomic mass is 10.1. The number of pyridine rings is 1. The van der Waals surface area contributed by atoms with Crippen LogP contribution in [0, 0.1) is 0 Å². The van der Waals surface area contributed by atoms with Crippen LogP contribution in [0.25, 0.3) is 0 Å². The van der Waals surface area contributed by atoms with Crippen LogP contribution in [0.1, 0.15) is 59.4 Å². The fourth-order valence-electron chi connectivity index (χ4n) is 2.59. The van der Waals surface area contributed by atoms with E-state index >= 15 is 0 Å². The summed E-state index contributed by atoms with van der Waals surface area (Å²) in [6.45, 7) is 0.896. The quantitative estimate of drug-likeness (QED) is 0.621. The van der Waals surface area contributed by atoms with Crippen molar-refractivity contribution in [2.45, 2.75) is 44.6 Å². The van der Waals surface area contributed by atoms with Crippen LogP contribution >= 0.6 is 0 Å². The van der Waals surface area contributed by atoms with E-state index in [1.54, 1.807) is 0 Å². The topological polar surface area (TPSA) is 88.5 Å². The second-order valence-corrected chi connectivity index (χ2v) is 5.48. The van der Waals surface area contributed by atoms with Crippen LogP contribution in [0.15, 0.2) is 18.3 Å². The number of carboxylic acids is 1. The molecule has 6 heteroatoms. The highest BCUT2D eigenvalue weighted by Gasteiger charge is 2.13. The Morgan fingerprint density at radius 2 is 2.00 bits per heavy atom. The summed E-state index contributed by atoms with van der Waals surface area (Å²) in [5.74, 6) is -1.46. The fraction of sp³-hybridized carbons (Fsp3) is 0.562. The van der Waals surface area contributed by atoms with Crippen molar-refractivity contribution in [1.82, 2.24) is 10.3 Å². The smallest absolute Gasteiger partial charge is 0.354 e. The van der Waals surface area contributed by atoms with Gasteiger partial charge in [0.2, 0.25) is 0 Å². The van der Waals surface area contributed by atoms with Gasteiger partial charge in [-0.2, -0.15) is 0 Å². The van der Waals surface area contributed by atoms with E-state index in [1.165, 1.54) is 44.0 Å². The van der Waals surface area contributed by atoms with Gasteiger partial charge in [0.05, 0.1) is 12.7 Å². The van der Waals surface area contributed by atoms with Crippen LogP contribution < -0.4 is 5.32 Å². The molecule has 22 heavy (non-hydrogen) atoms. The first-order valence-electron chi connectivity index (χ1n) is 7.76. The van der Waals surface area contributed by atoms with E-state index in [0.29, 0.717) is 24.8 Å². The van der Waals surface area contributed by atoms with Crippen LogP contribution in [-0.2, 0) is 4.74 Å². The van der Waals surface area contributed by atoms with Crippen molar-refractivity contribution in [3.63, 3.8) is 0 Å². The summed E-state index contributed by atoms with van der Waals surface area (Å²) >= 11 is 0. The predicted octanol–water partition coefficient (Wildman–Crippen LogP) is 2.25. The molecule has 1 aliphatic carbocycles. The van der Waals surface area contributed by atoms with Crippen LogP contribution in [0.5, 0.6) is 0 Å². The third kappa shape index (κ3) is 5.11. The molecule has 0 aromatic carbocycles. The zero-order valence-corrected chi connectivity index (χ0v) is 12.6. The molecule has 1 heterocycles. The minimum Gasteiger partial charge on any atom is -0.477 e. The summed E-state index contributed by atoms with van der Waals surface area (Å²) in [7, 11) is 0. The number of hydrogen-bond donors (Lipinski definition) is 2. The van der Waals surface area contributed by atoms with Gasteiger partial charge in [0, 0.05) is 18.3 Å². The van der Waals surface area contributed by atoms with Gasteiger partial charge >= 0.3 is 5.97 Å². The number of carbonyl (C=O) groups is 2. The summed E-state index contributed by atoms with van der Waals surface area (Å²) in [6, 6.07) is 2.76. The van der Waals surface area contributed by atoms with Crippen LogP contribution in [0.4, 0.5) is 0 Å². The number of nitrogens with one attached hydrogen (secondary N) is 1. The Hall–Kier alpha value is -1.95. The van der Waals surface area contributed by atoms with Gasteiger partial charge in [-0.15, -0.1) is 0 Å². The van der Waals surface area contributed by atoms with Gasteiger partial charge in [-0.3, -0.25) is 4.79 Å². The maximum Gasteiger partial charge on any atom is 0.354 e.